The molecule has 0 aromatic carbocycles. The van der Waals surface area contributed by atoms with Crippen molar-refractivity contribution in [3.05, 3.63) is 20.9 Å². The molecule has 0 aliphatic heterocycles. The summed E-state index contributed by atoms with van der Waals surface area (Å²) in [6.45, 7) is 4.48. The summed E-state index contributed by atoms with van der Waals surface area (Å²) in [6, 6.07) is 0. The van der Waals surface area contributed by atoms with Crippen molar-refractivity contribution in [2.45, 2.75) is 26.8 Å². The highest BCUT2D eigenvalue weighted by molar-refractivity contribution is 7.71. The van der Waals surface area contributed by atoms with Crippen molar-refractivity contribution in [2.75, 3.05) is 0 Å². The van der Waals surface area contributed by atoms with Crippen molar-refractivity contribution in [2.24, 2.45) is 0 Å². The van der Waals surface area contributed by atoms with E-state index in [0.29, 0.717) is 16.8 Å². The number of aryl methyl sites for hydroxylation is 2. The maximum Gasteiger partial charge on any atom is 0.328 e. The fourth-order valence-corrected chi connectivity index (χ4v) is 1.78. The van der Waals surface area contributed by atoms with Crippen molar-refractivity contribution >= 4 is 23.4 Å². The van der Waals surface area contributed by atoms with Crippen LogP contribution in [0.2, 0.25) is 0 Å². The SMILES string of the molecule is CCc1nc2c([nH]1)c(=S)[nH]c(=O)n2CC. The number of fused-ring (bicyclic) bond motifs is 1. The zero-order valence-electron chi connectivity index (χ0n) is 8.63. The quantitative estimate of drug-likeness (QED) is 0.757. The topological polar surface area (TPSA) is 66.5 Å². The average molecular weight is 224 g/mol. The molecule has 2 aromatic heterocycles. The van der Waals surface area contributed by atoms with Crippen molar-refractivity contribution in [1.29, 1.82) is 0 Å². The predicted octanol–water partition coefficient (Wildman–Crippen LogP) is 1.36. The molecule has 0 saturated carbocycles. The van der Waals surface area contributed by atoms with E-state index >= 15 is 0 Å². The lowest BCUT2D eigenvalue weighted by molar-refractivity contribution is 0.721. The molecule has 6 heteroatoms. The van der Waals surface area contributed by atoms with Gasteiger partial charge >= 0.3 is 5.69 Å². The van der Waals surface area contributed by atoms with Crippen LogP contribution in [-0.2, 0) is 13.0 Å². The van der Waals surface area contributed by atoms with Crippen molar-refractivity contribution in [3.63, 3.8) is 0 Å². The van der Waals surface area contributed by atoms with E-state index in [4.69, 9.17) is 12.2 Å². The average Bonchev–Trinajstić information content (AvgIpc) is 2.62. The van der Waals surface area contributed by atoms with Gasteiger partial charge in [-0.15, -0.1) is 0 Å². The van der Waals surface area contributed by atoms with Gasteiger partial charge in [-0.25, -0.2) is 9.78 Å². The maximum absolute atomic E-state index is 11.6. The molecule has 2 heterocycles. The molecule has 0 fully saturated rings. The second-order valence-electron chi connectivity index (χ2n) is 3.24. The highest BCUT2D eigenvalue weighted by Gasteiger charge is 2.08. The Morgan fingerprint density at radius 2 is 2.13 bits per heavy atom. The molecule has 2 N–H and O–H groups in total. The van der Waals surface area contributed by atoms with Crippen LogP contribution in [0.4, 0.5) is 0 Å². The molecule has 0 amide bonds. The van der Waals surface area contributed by atoms with Gasteiger partial charge < -0.3 is 4.98 Å². The minimum absolute atomic E-state index is 0.204. The van der Waals surface area contributed by atoms with Crippen molar-refractivity contribution in [1.82, 2.24) is 19.5 Å². The van der Waals surface area contributed by atoms with Crippen LogP contribution in [0.25, 0.3) is 11.2 Å². The van der Waals surface area contributed by atoms with Crippen LogP contribution >= 0.6 is 12.2 Å². The number of nitrogens with one attached hydrogen (secondary N) is 2. The van der Waals surface area contributed by atoms with Gasteiger partial charge in [0.25, 0.3) is 0 Å². The zero-order valence-corrected chi connectivity index (χ0v) is 9.44. The van der Waals surface area contributed by atoms with Gasteiger partial charge in [-0.3, -0.25) is 9.55 Å². The van der Waals surface area contributed by atoms with Gasteiger partial charge in [0.15, 0.2) is 5.65 Å². The van der Waals surface area contributed by atoms with Crippen LogP contribution in [0, 0.1) is 4.64 Å². The molecule has 0 spiro atoms. The van der Waals surface area contributed by atoms with Crippen LogP contribution in [0.3, 0.4) is 0 Å². The molecule has 2 rings (SSSR count). The van der Waals surface area contributed by atoms with E-state index < -0.39 is 0 Å². The van der Waals surface area contributed by atoms with Crippen LogP contribution in [0.15, 0.2) is 4.79 Å². The Kier molecular flexibility index (Phi) is 2.44. The molecule has 0 bridgehead atoms. The van der Waals surface area contributed by atoms with Gasteiger partial charge in [-0.05, 0) is 6.92 Å². The second-order valence-corrected chi connectivity index (χ2v) is 3.65. The summed E-state index contributed by atoms with van der Waals surface area (Å²) < 4.78 is 1.99. The Balaban J connectivity index is 2.94. The molecule has 80 valence electrons. The summed E-state index contributed by atoms with van der Waals surface area (Å²) in [5, 5.41) is 0. The van der Waals surface area contributed by atoms with E-state index in [9.17, 15) is 4.79 Å². The molecule has 0 radical (unpaired) electrons. The fourth-order valence-electron chi connectivity index (χ4n) is 1.55. The van der Waals surface area contributed by atoms with E-state index in [1.54, 1.807) is 4.57 Å². The van der Waals surface area contributed by atoms with Crippen molar-refractivity contribution in [3.8, 4) is 0 Å². The number of imidazole rings is 1. The molecule has 2 aromatic rings. The smallest absolute Gasteiger partial charge is 0.328 e. The zero-order chi connectivity index (χ0) is 11.0. The number of aromatic amines is 2. The van der Waals surface area contributed by atoms with Gasteiger partial charge in [0, 0.05) is 13.0 Å². The summed E-state index contributed by atoms with van der Waals surface area (Å²) in [6.07, 6.45) is 0.793. The maximum atomic E-state index is 11.6. The summed E-state index contributed by atoms with van der Waals surface area (Å²) >= 11 is 5.07. The third kappa shape index (κ3) is 1.50. The van der Waals surface area contributed by atoms with E-state index in [1.165, 1.54) is 0 Å². The fraction of sp³-hybridized carbons (Fsp3) is 0.444. The van der Waals surface area contributed by atoms with Gasteiger partial charge in [0.1, 0.15) is 16.0 Å². The Morgan fingerprint density at radius 1 is 1.40 bits per heavy atom. The lowest BCUT2D eigenvalue weighted by Gasteiger charge is -2.00. The monoisotopic (exact) mass is 224 g/mol. The number of hydrogen-bond acceptors (Lipinski definition) is 3. The Hall–Kier alpha value is -1.43. The van der Waals surface area contributed by atoms with E-state index in [2.05, 4.69) is 15.0 Å². The molecule has 0 aliphatic rings. The number of H-pyrrole nitrogens is 2. The third-order valence-electron chi connectivity index (χ3n) is 2.33. The van der Waals surface area contributed by atoms with Crippen LogP contribution < -0.4 is 5.69 Å². The second kappa shape index (κ2) is 3.62. The van der Waals surface area contributed by atoms with Crippen LogP contribution in [0.1, 0.15) is 19.7 Å². The van der Waals surface area contributed by atoms with Gasteiger partial charge in [0.2, 0.25) is 0 Å². The van der Waals surface area contributed by atoms with Gasteiger partial charge in [0.05, 0.1) is 0 Å². The first-order valence-corrected chi connectivity index (χ1v) is 5.29. The van der Waals surface area contributed by atoms with E-state index in [0.717, 1.165) is 17.8 Å². The van der Waals surface area contributed by atoms with Crippen LogP contribution in [-0.4, -0.2) is 19.5 Å². The summed E-state index contributed by atoms with van der Waals surface area (Å²) in [4.78, 5) is 21.6. The Labute approximate surface area is 91.2 Å². The van der Waals surface area contributed by atoms with Gasteiger partial charge in [-0.2, -0.15) is 0 Å². The first-order chi connectivity index (χ1) is 7.17. The minimum Gasteiger partial charge on any atom is -0.338 e. The number of rotatable bonds is 2. The summed E-state index contributed by atoms with van der Waals surface area (Å²) in [5.74, 6) is 0.845. The highest BCUT2D eigenvalue weighted by atomic mass is 32.1. The lowest BCUT2D eigenvalue weighted by atomic mass is 10.5. The molecular formula is C9H12N4OS. The molecule has 5 nitrogen and oxygen atoms in total. The summed E-state index contributed by atoms with van der Waals surface area (Å²) in [5.41, 5.74) is 1.18. The van der Waals surface area contributed by atoms with E-state index in [1.807, 2.05) is 13.8 Å². The normalized spacial score (nSPS) is 11.1. The summed E-state index contributed by atoms with van der Waals surface area (Å²) in [7, 11) is 0. The van der Waals surface area contributed by atoms with E-state index in [-0.39, 0.29) is 5.69 Å². The Morgan fingerprint density at radius 3 is 2.73 bits per heavy atom. The molecule has 0 aliphatic carbocycles. The molecular weight excluding hydrogens is 212 g/mol. The number of nitrogens with zero attached hydrogens (tertiary/aromatic N) is 2. The Bertz CT molecular complexity index is 607. The molecule has 0 saturated heterocycles. The standard InChI is InChI=1S/C9H12N4OS/c1-3-5-10-6-7(11-5)13(4-2)9(14)12-8(6)15/h3-4H2,1-2H3,(H,10,11)(H,12,14,15). The molecule has 0 atom stereocenters. The number of hydrogen-bond donors (Lipinski definition) is 2. The third-order valence-corrected chi connectivity index (χ3v) is 2.64. The molecule has 0 unspecified atom stereocenters. The van der Waals surface area contributed by atoms with Crippen LogP contribution in [0.5, 0.6) is 0 Å². The predicted molar refractivity (Wildman–Crippen MR) is 60.6 cm³/mol. The van der Waals surface area contributed by atoms with Gasteiger partial charge in [-0.1, -0.05) is 19.1 Å². The lowest BCUT2D eigenvalue weighted by Crippen LogP contribution is -2.22. The highest BCUT2D eigenvalue weighted by Crippen LogP contribution is 2.09. The molecule has 15 heavy (non-hydrogen) atoms. The first kappa shape index (κ1) is 10.1. The first-order valence-electron chi connectivity index (χ1n) is 4.89. The van der Waals surface area contributed by atoms with Crippen molar-refractivity contribution < 1.29 is 0 Å². The largest absolute Gasteiger partial charge is 0.338 e. The number of aromatic nitrogens is 4. The minimum atomic E-state index is -0.204.